The van der Waals surface area contributed by atoms with Crippen LogP contribution in [-0.4, -0.2) is 16.1 Å². The quantitative estimate of drug-likeness (QED) is 0.925. The van der Waals surface area contributed by atoms with Gasteiger partial charge in [0.05, 0.1) is 6.54 Å². The summed E-state index contributed by atoms with van der Waals surface area (Å²) in [7, 11) is 1.98. The van der Waals surface area contributed by atoms with E-state index in [9.17, 15) is 0 Å². The highest BCUT2D eigenvalue weighted by Gasteiger charge is 2.08. The molecule has 0 fully saturated rings. The smallest absolute Gasteiger partial charge is 0.139 e. The molecule has 0 saturated heterocycles. The Balaban J connectivity index is 2.79. The highest BCUT2D eigenvalue weighted by atomic mass is 79.9. The summed E-state index contributed by atoms with van der Waals surface area (Å²) < 4.78 is 3.85. The number of imidazole rings is 1. The Bertz CT molecular complexity index is 270. The Morgan fingerprint density at radius 2 is 2.17 bits per heavy atom. The van der Waals surface area contributed by atoms with Crippen LogP contribution in [0.5, 0.6) is 0 Å². The van der Waals surface area contributed by atoms with Crippen molar-refractivity contribution in [3.05, 3.63) is 15.0 Å². The summed E-state index contributed by atoms with van der Waals surface area (Å²) in [6.45, 7) is 3.84. The molecule has 0 aromatic carbocycles. The van der Waals surface area contributed by atoms with E-state index in [1.807, 2.05) is 11.6 Å². The first-order chi connectivity index (χ1) is 5.66. The van der Waals surface area contributed by atoms with Gasteiger partial charge in [-0.3, -0.25) is 0 Å². The van der Waals surface area contributed by atoms with Gasteiger partial charge in [-0.05, 0) is 38.4 Å². The van der Waals surface area contributed by atoms with Crippen LogP contribution in [0, 0.1) is 0 Å². The van der Waals surface area contributed by atoms with E-state index in [1.54, 1.807) is 0 Å². The van der Waals surface area contributed by atoms with Crippen LogP contribution in [-0.2, 0) is 13.6 Å². The molecule has 3 nitrogen and oxygen atoms in total. The molecule has 0 unspecified atom stereocenters. The van der Waals surface area contributed by atoms with E-state index in [4.69, 9.17) is 0 Å². The van der Waals surface area contributed by atoms with E-state index in [-0.39, 0.29) is 0 Å². The molecule has 0 saturated carbocycles. The third-order valence-corrected chi connectivity index (χ3v) is 3.60. The standard InChI is InChI=1S/C7H11Br2N3/c1-3-10-4-5-11-6(8)7(9)12(5)2/h10H,3-4H2,1-2H3. The van der Waals surface area contributed by atoms with Crippen molar-refractivity contribution in [3.63, 3.8) is 0 Å². The topological polar surface area (TPSA) is 29.9 Å². The van der Waals surface area contributed by atoms with Crippen molar-refractivity contribution in [2.24, 2.45) is 7.05 Å². The summed E-state index contributed by atoms with van der Waals surface area (Å²) in [5.41, 5.74) is 0. The average Bonchev–Trinajstić information content (AvgIpc) is 2.30. The maximum atomic E-state index is 4.32. The highest BCUT2D eigenvalue weighted by molar-refractivity contribution is 9.13. The van der Waals surface area contributed by atoms with Gasteiger partial charge in [0, 0.05) is 7.05 Å². The lowest BCUT2D eigenvalue weighted by Crippen LogP contribution is -2.15. The summed E-state index contributed by atoms with van der Waals surface area (Å²) in [5.74, 6) is 1.02. The monoisotopic (exact) mass is 295 g/mol. The van der Waals surface area contributed by atoms with Gasteiger partial charge in [0.25, 0.3) is 0 Å². The fraction of sp³-hybridized carbons (Fsp3) is 0.571. The van der Waals surface area contributed by atoms with Crippen LogP contribution in [0.15, 0.2) is 9.21 Å². The minimum absolute atomic E-state index is 0.803. The van der Waals surface area contributed by atoms with E-state index in [0.29, 0.717) is 0 Å². The molecule has 68 valence electrons. The molecule has 1 N–H and O–H groups in total. The van der Waals surface area contributed by atoms with Crippen molar-refractivity contribution < 1.29 is 0 Å². The van der Waals surface area contributed by atoms with Gasteiger partial charge < -0.3 is 9.88 Å². The largest absolute Gasteiger partial charge is 0.324 e. The van der Waals surface area contributed by atoms with Gasteiger partial charge in [0.2, 0.25) is 0 Å². The third kappa shape index (κ3) is 2.08. The number of aromatic nitrogens is 2. The lowest BCUT2D eigenvalue weighted by Gasteiger charge is -2.01. The summed E-state index contributed by atoms with van der Waals surface area (Å²) in [5, 5.41) is 3.22. The maximum absolute atomic E-state index is 4.32. The Labute approximate surface area is 88.8 Å². The molecule has 0 aliphatic carbocycles. The second kappa shape index (κ2) is 4.39. The minimum atomic E-state index is 0.803. The molecular formula is C7H11Br2N3. The predicted molar refractivity (Wildman–Crippen MR) is 56.0 cm³/mol. The van der Waals surface area contributed by atoms with E-state index < -0.39 is 0 Å². The molecule has 0 amide bonds. The normalized spacial score (nSPS) is 10.7. The number of nitrogens with one attached hydrogen (secondary N) is 1. The second-order valence-corrected chi connectivity index (χ2v) is 3.95. The molecule has 1 heterocycles. The van der Waals surface area contributed by atoms with Crippen LogP contribution in [0.1, 0.15) is 12.7 Å². The number of hydrogen-bond acceptors (Lipinski definition) is 2. The number of halogens is 2. The Kier molecular flexibility index (Phi) is 3.74. The van der Waals surface area contributed by atoms with Crippen molar-refractivity contribution in [2.45, 2.75) is 13.5 Å². The lowest BCUT2D eigenvalue weighted by atomic mass is 10.5. The molecule has 0 aliphatic rings. The molecule has 1 rings (SSSR count). The zero-order valence-electron chi connectivity index (χ0n) is 7.06. The Hall–Kier alpha value is 0.130. The second-order valence-electron chi connectivity index (χ2n) is 2.45. The van der Waals surface area contributed by atoms with Crippen LogP contribution in [0.3, 0.4) is 0 Å². The van der Waals surface area contributed by atoms with Gasteiger partial charge in [-0.2, -0.15) is 0 Å². The van der Waals surface area contributed by atoms with Crippen molar-refractivity contribution in [2.75, 3.05) is 6.54 Å². The van der Waals surface area contributed by atoms with Gasteiger partial charge in [0.1, 0.15) is 15.0 Å². The zero-order chi connectivity index (χ0) is 9.14. The van der Waals surface area contributed by atoms with Gasteiger partial charge in [-0.25, -0.2) is 4.98 Å². The number of nitrogens with zero attached hydrogens (tertiary/aromatic N) is 2. The maximum Gasteiger partial charge on any atom is 0.139 e. The summed E-state index contributed by atoms with van der Waals surface area (Å²) in [4.78, 5) is 4.32. The molecule has 12 heavy (non-hydrogen) atoms. The van der Waals surface area contributed by atoms with E-state index in [2.05, 4.69) is 49.1 Å². The van der Waals surface area contributed by atoms with Crippen LogP contribution in [0.4, 0.5) is 0 Å². The summed E-state index contributed by atoms with van der Waals surface area (Å²) in [6.07, 6.45) is 0. The van der Waals surface area contributed by atoms with E-state index in [1.165, 1.54) is 0 Å². The third-order valence-electron chi connectivity index (χ3n) is 1.61. The number of rotatable bonds is 3. The first-order valence-corrected chi connectivity index (χ1v) is 5.32. The Morgan fingerprint density at radius 3 is 2.58 bits per heavy atom. The fourth-order valence-electron chi connectivity index (χ4n) is 0.881. The van der Waals surface area contributed by atoms with E-state index >= 15 is 0 Å². The molecular weight excluding hydrogens is 286 g/mol. The van der Waals surface area contributed by atoms with Gasteiger partial charge >= 0.3 is 0 Å². The van der Waals surface area contributed by atoms with Gasteiger partial charge in [-0.1, -0.05) is 6.92 Å². The SMILES string of the molecule is CCNCc1nc(Br)c(Br)n1C. The predicted octanol–water partition coefficient (Wildman–Crippen LogP) is 2.05. The van der Waals surface area contributed by atoms with Crippen molar-refractivity contribution >= 4 is 31.9 Å². The zero-order valence-corrected chi connectivity index (χ0v) is 10.2. The van der Waals surface area contributed by atoms with Crippen LogP contribution >= 0.6 is 31.9 Å². The molecule has 1 aromatic rings. The summed E-state index contributed by atoms with van der Waals surface area (Å²) >= 11 is 6.77. The molecule has 5 heteroatoms. The highest BCUT2D eigenvalue weighted by Crippen LogP contribution is 2.22. The molecule has 0 atom stereocenters. The molecule has 1 aromatic heterocycles. The van der Waals surface area contributed by atoms with Crippen molar-refractivity contribution in [3.8, 4) is 0 Å². The van der Waals surface area contributed by atoms with Crippen molar-refractivity contribution in [1.29, 1.82) is 0 Å². The van der Waals surface area contributed by atoms with Crippen LogP contribution in [0.25, 0.3) is 0 Å². The molecule has 0 bridgehead atoms. The minimum Gasteiger partial charge on any atom is -0.324 e. The first kappa shape index (κ1) is 10.2. The summed E-state index contributed by atoms with van der Waals surface area (Å²) in [6, 6.07) is 0. The molecule has 0 radical (unpaired) electrons. The van der Waals surface area contributed by atoms with Crippen LogP contribution < -0.4 is 5.32 Å². The average molecular weight is 297 g/mol. The first-order valence-electron chi connectivity index (χ1n) is 3.74. The van der Waals surface area contributed by atoms with E-state index in [0.717, 1.165) is 28.1 Å². The van der Waals surface area contributed by atoms with Crippen LogP contribution in [0.2, 0.25) is 0 Å². The van der Waals surface area contributed by atoms with Crippen molar-refractivity contribution in [1.82, 2.24) is 14.9 Å². The Morgan fingerprint density at radius 1 is 1.50 bits per heavy atom. The molecule has 0 aliphatic heterocycles. The fourth-order valence-corrected chi connectivity index (χ4v) is 1.65. The number of hydrogen-bond donors (Lipinski definition) is 1. The lowest BCUT2D eigenvalue weighted by molar-refractivity contribution is 0.658. The van der Waals surface area contributed by atoms with Gasteiger partial charge in [0.15, 0.2) is 0 Å². The molecule has 0 spiro atoms. The van der Waals surface area contributed by atoms with Gasteiger partial charge in [-0.15, -0.1) is 0 Å².